The van der Waals surface area contributed by atoms with Crippen LogP contribution in [-0.2, 0) is 16.0 Å². The van der Waals surface area contributed by atoms with Gasteiger partial charge in [-0.05, 0) is 44.4 Å². The molecule has 0 spiro atoms. The molecule has 0 aromatic heterocycles. The van der Waals surface area contributed by atoms with Gasteiger partial charge in [0.2, 0.25) is 6.79 Å². The van der Waals surface area contributed by atoms with Gasteiger partial charge in [0.1, 0.15) is 0 Å². The Morgan fingerprint density at radius 3 is 2.90 bits per heavy atom. The lowest BCUT2D eigenvalue weighted by molar-refractivity contribution is -0.148. The molecule has 0 saturated carbocycles. The number of carbonyl (C=O) groups excluding carboxylic acids is 1. The summed E-state index contributed by atoms with van der Waals surface area (Å²) in [6.45, 7) is 3.98. The molecule has 0 saturated heterocycles. The first-order chi connectivity index (χ1) is 9.50. The van der Waals surface area contributed by atoms with E-state index in [2.05, 4.69) is 0 Å². The Bertz CT molecular complexity index is 481. The first kappa shape index (κ1) is 14.7. The third-order valence-electron chi connectivity index (χ3n) is 3.22. The number of aliphatic hydroxyl groups is 1. The van der Waals surface area contributed by atoms with Crippen LogP contribution in [0.15, 0.2) is 18.2 Å². The number of hydrogen-bond donors (Lipinski definition) is 1. The maximum atomic E-state index is 11.4. The van der Waals surface area contributed by atoms with Gasteiger partial charge in [0.15, 0.2) is 11.5 Å². The molecule has 1 aliphatic heterocycles. The van der Waals surface area contributed by atoms with Gasteiger partial charge < -0.3 is 19.3 Å². The van der Waals surface area contributed by atoms with Gasteiger partial charge in [-0.3, -0.25) is 4.79 Å². The van der Waals surface area contributed by atoms with E-state index < -0.39 is 5.60 Å². The summed E-state index contributed by atoms with van der Waals surface area (Å²) in [5, 5.41) is 10.2. The predicted molar refractivity (Wildman–Crippen MR) is 72.8 cm³/mol. The summed E-state index contributed by atoms with van der Waals surface area (Å²) in [5.74, 6) is 1.10. The van der Waals surface area contributed by atoms with Crippen molar-refractivity contribution in [1.82, 2.24) is 0 Å². The molecule has 5 heteroatoms. The first-order valence-electron chi connectivity index (χ1n) is 6.77. The van der Waals surface area contributed by atoms with Crippen LogP contribution in [0.5, 0.6) is 11.5 Å². The van der Waals surface area contributed by atoms with Crippen LogP contribution < -0.4 is 9.47 Å². The molecule has 1 aromatic carbocycles. The van der Waals surface area contributed by atoms with Crippen molar-refractivity contribution >= 4 is 5.97 Å². The van der Waals surface area contributed by atoms with Crippen LogP contribution in [0.25, 0.3) is 0 Å². The smallest absolute Gasteiger partial charge is 0.308 e. The van der Waals surface area contributed by atoms with Crippen molar-refractivity contribution in [2.75, 3.05) is 13.4 Å². The Morgan fingerprint density at radius 2 is 2.15 bits per heavy atom. The fraction of sp³-hybridized carbons (Fsp3) is 0.533. The topological polar surface area (TPSA) is 65.0 Å². The van der Waals surface area contributed by atoms with E-state index in [0.717, 1.165) is 17.1 Å². The van der Waals surface area contributed by atoms with Gasteiger partial charge in [0.25, 0.3) is 0 Å². The molecule has 1 atom stereocenters. The number of rotatable bonds is 6. The van der Waals surface area contributed by atoms with Gasteiger partial charge in [-0.2, -0.15) is 0 Å². The van der Waals surface area contributed by atoms with Crippen molar-refractivity contribution in [3.05, 3.63) is 23.8 Å². The van der Waals surface area contributed by atoms with Crippen LogP contribution in [-0.4, -0.2) is 30.1 Å². The molecule has 0 fully saturated rings. The summed E-state index contributed by atoms with van der Waals surface area (Å²) >= 11 is 0. The van der Waals surface area contributed by atoms with Crippen molar-refractivity contribution in [3.8, 4) is 11.5 Å². The molecular formula is C15H20O5. The minimum absolute atomic E-state index is 0.00535. The fourth-order valence-electron chi connectivity index (χ4n) is 2.12. The van der Waals surface area contributed by atoms with E-state index >= 15 is 0 Å². The highest BCUT2D eigenvalue weighted by Crippen LogP contribution is 2.33. The number of carbonyl (C=O) groups is 1. The van der Waals surface area contributed by atoms with Gasteiger partial charge in [0, 0.05) is 0 Å². The normalized spacial score (nSPS) is 15.8. The predicted octanol–water partition coefficient (Wildman–Crippen LogP) is 2.05. The Kier molecular flexibility index (Phi) is 4.49. The summed E-state index contributed by atoms with van der Waals surface area (Å²) < 4.78 is 15.4. The summed E-state index contributed by atoms with van der Waals surface area (Å²) in [6.07, 6.45) is 1.14. The molecule has 2 rings (SSSR count). The van der Waals surface area contributed by atoms with Crippen LogP contribution in [0.1, 0.15) is 32.3 Å². The highest BCUT2D eigenvalue weighted by atomic mass is 16.7. The lowest BCUT2D eigenvalue weighted by Gasteiger charge is -2.22. The molecular weight excluding hydrogens is 260 g/mol. The Hall–Kier alpha value is -1.75. The van der Waals surface area contributed by atoms with Crippen LogP contribution in [0.2, 0.25) is 0 Å². The maximum Gasteiger partial charge on any atom is 0.308 e. The van der Waals surface area contributed by atoms with Gasteiger partial charge in [0.05, 0.1) is 18.6 Å². The molecule has 20 heavy (non-hydrogen) atoms. The Labute approximate surface area is 118 Å². The SMILES string of the molecule is CCOC(=O)CC(C)(O)CCc1ccc2c(c1)OCO2. The van der Waals surface area contributed by atoms with E-state index in [4.69, 9.17) is 14.2 Å². The monoisotopic (exact) mass is 280 g/mol. The zero-order valence-electron chi connectivity index (χ0n) is 11.8. The molecule has 0 amide bonds. The average molecular weight is 280 g/mol. The van der Waals surface area contributed by atoms with Crippen LogP contribution >= 0.6 is 0 Å². The van der Waals surface area contributed by atoms with Gasteiger partial charge in [-0.25, -0.2) is 0 Å². The second-order valence-corrected chi connectivity index (χ2v) is 5.17. The van der Waals surface area contributed by atoms with Crippen molar-refractivity contribution in [1.29, 1.82) is 0 Å². The minimum atomic E-state index is -1.07. The molecule has 1 aliphatic rings. The third kappa shape index (κ3) is 3.87. The van der Waals surface area contributed by atoms with E-state index in [1.54, 1.807) is 13.8 Å². The van der Waals surface area contributed by atoms with Crippen LogP contribution in [0.3, 0.4) is 0 Å². The number of aryl methyl sites for hydroxylation is 1. The van der Waals surface area contributed by atoms with E-state index in [0.29, 0.717) is 19.4 Å². The standard InChI is InChI=1S/C15H20O5/c1-3-18-14(16)9-15(2,17)7-6-11-4-5-12-13(8-11)20-10-19-12/h4-5,8,17H,3,6-7,9-10H2,1-2H3. The zero-order chi connectivity index (χ0) is 14.6. The summed E-state index contributed by atoms with van der Waals surface area (Å²) in [6, 6.07) is 5.70. The minimum Gasteiger partial charge on any atom is -0.466 e. The van der Waals surface area contributed by atoms with Crippen molar-refractivity contribution in [2.24, 2.45) is 0 Å². The van der Waals surface area contributed by atoms with Gasteiger partial charge >= 0.3 is 5.97 Å². The molecule has 1 aromatic rings. The van der Waals surface area contributed by atoms with Crippen molar-refractivity contribution < 1.29 is 24.1 Å². The number of hydrogen-bond acceptors (Lipinski definition) is 5. The lowest BCUT2D eigenvalue weighted by atomic mass is 9.93. The highest BCUT2D eigenvalue weighted by Gasteiger charge is 2.25. The first-order valence-corrected chi connectivity index (χ1v) is 6.77. The van der Waals surface area contributed by atoms with Crippen molar-refractivity contribution in [2.45, 2.75) is 38.7 Å². The summed E-state index contributed by atoms with van der Waals surface area (Å²) in [4.78, 5) is 11.4. The number of benzene rings is 1. The molecule has 0 bridgehead atoms. The number of esters is 1. The lowest BCUT2D eigenvalue weighted by Crippen LogP contribution is -2.29. The number of ether oxygens (including phenoxy) is 3. The van der Waals surface area contributed by atoms with E-state index in [1.165, 1.54) is 0 Å². The number of fused-ring (bicyclic) bond motifs is 1. The van der Waals surface area contributed by atoms with Crippen LogP contribution in [0.4, 0.5) is 0 Å². The Balaban J connectivity index is 1.89. The second kappa shape index (κ2) is 6.13. The van der Waals surface area contributed by atoms with Crippen molar-refractivity contribution in [3.63, 3.8) is 0 Å². The average Bonchev–Trinajstić information content (AvgIpc) is 2.83. The summed E-state index contributed by atoms with van der Waals surface area (Å²) in [5.41, 5.74) is -0.0267. The highest BCUT2D eigenvalue weighted by molar-refractivity contribution is 5.70. The van der Waals surface area contributed by atoms with E-state index in [-0.39, 0.29) is 19.2 Å². The fourth-order valence-corrected chi connectivity index (χ4v) is 2.12. The molecule has 1 heterocycles. The molecule has 0 radical (unpaired) electrons. The molecule has 5 nitrogen and oxygen atoms in total. The zero-order valence-corrected chi connectivity index (χ0v) is 11.8. The second-order valence-electron chi connectivity index (χ2n) is 5.17. The molecule has 0 aliphatic carbocycles. The maximum absolute atomic E-state index is 11.4. The summed E-state index contributed by atoms with van der Waals surface area (Å²) in [7, 11) is 0. The largest absolute Gasteiger partial charge is 0.466 e. The Morgan fingerprint density at radius 1 is 1.40 bits per heavy atom. The van der Waals surface area contributed by atoms with Gasteiger partial charge in [-0.1, -0.05) is 6.07 Å². The molecule has 1 N–H and O–H groups in total. The third-order valence-corrected chi connectivity index (χ3v) is 3.22. The molecule has 110 valence electrons. The van der Waals surface area contributed by atoms with Gasteiger partial charge in [-0.15, -0.1) is 0 Å². The quantitative estimate of drug-likeness (QED) is 0.808. The van der Waals surface area contributed by atoms with E-state index in [1.807, 2.05) is 18.2 Å². The molecule has 1 unspecified atom stereocenters. The van der Waals surface area contributed by atoms with Crippen LogP contribution in [0, 0.1) is 0 Å². The van der Waals surface area contributed by atoms with E-state index in [9.17, 15) is 9.90 Å².